The lowest BCUT2D eigenvalue weighted by Gasteiger charge is -2.03. The van der Waals surface area contributed by atoms with Gasteiger partial charge in [-0.25, -0.2) is 4.98 Å². The van der Waals surface area contributed by atoms with E-state index in [9.17, 15) is 4.79 Å². The quantitative estimate of drug-likeness (QED) is 0.544. The van der Waals surface area contributed by atoms with Gasteiger partial charge >= 0.3 is 0 Å². The second-order valence-corrected chi connectivity index (χ2v) is 3.94. The fraction of sp³-hybridized carbons (Fsp3) is 0.167. The van der Waals surface area contributed by atoms with Crippen LogP contribution in [0.3, 0.4) is 0 Å². The lowest BCUT2D eigenvalue weighted by atomic mass is 10.1. The van der Waals surface area contributed by atoms with Crippen molar-refractivity contribution in [2.45, 2.75) is 13.8 Å². The molecular weight excluding hydrogens is 210 g/mol. The largest absolute Gasteiger partial charge is 0.294 e. The van der Waals surface area contributed by atoms with Crippen LogP contribution >= 0.6 is 11.6 Å². The predicted octanol–water partition coefficient (Wildman–Crippen LogP) is 3.40. The molecule has 0 bridgehead atoms. The molecule has 2 rings (SSSR count). The molecule has 0 radical (unpaired) electrons. The summed E-state index contributed by atoms with van der Waals surface area (Å²) in [6, 6.07) is 7.67. The van der Waals surface area contributed by atoms with E-state index in [-0.39, 0.29) is 10.9 Å². The lowest BCUT2D eigenvalue weighted by molar-refractivity contribution is 0.101. The summed E-state index contributed by atoms with van der Waals surface area (Å²) in [6.07, 6.45) is 0. The van der Waals surface area contributed by atoms with Gasteiger partial charge in [0.2, 0.25) is 0 Å². The highest BCUT2D eigenvalue weighted by molar-refractivity contribution is 6.33. The van der Waals surface area contributed by atoms with E-state index in [1.54, 1.807) is 6.07 Å². The molecule has 1 heterocycles. The van der Waals surface area contributed by atoms with Gasteiger partial charge in [-0.2, -0.15) is 0 Å². The van der Waals surface area contributed by atoms with Gasteiger partial charge in [-0.3, -0.25) is 4.79 Å². The first-order valence-corrected chi connectivity index (χ1v) is 5.03. The van der Waals surface area contributed by atoms with Crippen LogP contribution in [0.2, 0.25) is 5.15 Å². The number of Topliss-reactive ketones (excluding diaryl/α,β-unsaturated/α-hetero) is 1. The number of ketones is 1. The van der Waals surface area contributed by atoms with Gasteiger partial charge < -0.3 is 0 Å². The van der Waals surface area contributed by atoms with Gasteiger partial charge in [-0.15, -0.1) is 0 Å². The maximum Gasteiger partial charge on any atom is 0.162 e. The molecular formula is C12H10ClNO. The first kappa shape index (κ1) is 10.1. The van der Waals surface area contributed by atoms with Crippen LogP contribution in [0.25, 0.3) is 10.9 Å². The Labute approximate surface area is 92.9 Å². The molecule has 2 nitrogen and oxygen atoms in total. The normalized spacial score (nSPS) is 10.6. The zero-order valence-corrected chi connectivity index (χ0v) is 9.30. The summed E-state index contributed by atoms with van der Waals surface area (Å²) in [5.74, 6) is -0.0602. The molecule has 3 heteroatoms. The van der Waals surface area contributed by atoms with Crippen LogP contribution in [0, 0.1) is 6.92 Å². The van der Waals surface area contributed by atoms with Crippen molar-refractivity contribution in [2.75, 3.05) is 0 Å². The average molecular weight is 220 g/mol. The van der Waals surface area contributed by atoms with Crippen LogP contribution in [0.5, 0.6) is 0 Å². The molecule has 0 aliphatic rings. The summed E-state index contributed by atoms with van der Waals surface area (Å²) in [7, 11) is 0. The zero-order valence-electron chi connectivity index (χ0n) is 8.54. The number of nitrogens with zero attached hydrogens (tertiary/aromatic N) is 1. The van der Waals surface area contributed by atoms with E-state index < -0.39 is 0 Å². The molecule has 15 heavy (non-hydrogen) atoms. The number of rotatable bonds is 1. The van der Waals surface area contributed by atoms with E-state index in [1.165, 1.54) is 6.92 Å². The molecule has 76 valence electrons. The number of carbonyl (C=O) groups is 1. The maximum absolute atomic E-state index is 11.3. The first-order chi connectivity index (χ1) is 7.08. The van der Waals surface area contributed by atoms with Crippen molar-refractivity contribution in [3.63, 3.8) is 0 Å². The number of carbonyl (C=O) groups excluding carboxylic acids is 1. The first-order valence-electron chi connectivity index (χ1n) is 4.66. The molecule has 0 aliphatic heterocycles. The number of pyridine rings is 1. The smallest absolute Gasteiger partial charge is 0.162 e. The van der Waals surface area contributed by atoms with Crippen molar-refractivity contribution < 1.29 is 4.79 Å². The van der Waals surface area contributed by atoms with Gasteiger partial charge in [-0.1, -0.05) is 23.7 Å². The Kier molecular flexibility index (Phi) is 2.45. The van der Waals surface area contributed by atoms with Crippen molar-refractivity contribution in [2.24, 2.45) is 0 Å². The van der Waals surface area contributed by atoms with Gasteiger partial charge in [0.15, 0.2) is 5.78 Å². The number of aromatic nitrogens is 1. The van der Waals surface area contributed by atoms with E-state index in [1.807, 2.05) is 25.1 Å². The Balaban J connectivity index is 2.76. The van der Waals surface area contributed by atoms with E-state index in [0.717, 1.165) is 16.5 Å². The van der Waals surface area contributed by atoms with Crippen LogP contribution in [-0.2, 0) is 0 Å². The molecule has 1 aromatic carbocycles. The van der Waals surface area contributed by atoms with Crippen LogP contribution in [-0.4, -0.2) is 10.8 Å². The van der Waals surface area contributed by atoms with Crippen LogP contribution < -0.4 is 0 Å². The fourth-order valence-corrected chi connectivity index (χ4v) is 1.78. The molecule has 0 saturated carbocycles. The van der Waals surface area contributed by atoms with Crippen LogP contribution in [0.15, 0.2) is 24.3 Å². The third-order valence-electron chi connectivity index (χ3n) is 2.31. The summed E-state index contributed by atoms with van der Waals surface area (Å²) in [5.41, 5.74) is 2.43. The van der Waals surface area contributed by atoms with Crippen molar-refractivity contribution in [3.8, 4) is 0 Å². The highest BCUT2D eigenvalue weighted by atomic mass is 35.5. The van der Waals surface area contributed by atoms with Gasteiger partial charge in [0.05, 0.1) is 11.1 Å². The van der Waals surface area contributed by atoms with E-state index >= 15 is 0 Å². The summed E-state index contributed by atoms with van der Waals surface area (Å²) >= 11 is 5.92. The second kappa shape index (κ2) is 3.63. The lowest BCUT2D eigenvalue weighted by Crippen LogP contribution is -1.96. The Morgan fingerprint density at radius 2 is 2.07 bits per heavy atom. The molecule has 1 aromatic heterocycles. The molecule has 0 N–H and O–H groups in total. The van der Waals surface area contributed by atoms with E-state index in [0.29, 0.717) is 5.56 Å². The Morgan fingerprint density at radius 1 is 1.33 bits per heavy atom. The third-order valence-corrected chi connectivity index (χ3v) is 2.59. The minimum absolute atomic E-state index is 0.0602. The zero-order chi connectivity index (χ0) is 11.0. The molecule has 0 unspecified atom stereocenters. The molecule has 0 atom stereocenters. The standard InChI is InChI=1S/C12H10ClNO/c1-7-3-4-9-6-10(8(2)15)12(13)14-11(9)5-7/h3-6H,1-2H3. The van der Waals surface area contributed by atoms with Gasteiger partial charge in [0, 0.05) is 5.39 Å². The van der Waals surface area contributed by atoms with Gasteiger partial charge in [0.1, 0.15) is 5.15 Å². The number of halogens is 1. The summed E-state index contributed by atoms with van der Waals surface area (Å²) in [5, 5.41) is 1.22. The number of fused-ring (bicyclic) bond motifs is 1. The Bertz CT molecular complexity index is 549. The second-order valence-electron chi connectivity index (χ2n) is 3.58. The topological polar surface area (TPSA) is 30.0 Å². The van der Waals surface area contributed by atoms with Crippen LogP contribution in [0.4, 0.5) is 0 Å². The molecule has 0 amide bonds. The highest BCUT2D eigenvalue weighted by Gasteiger charge is 2.08. The number of benzene rings is 1. The fourth-order valence-electron chi connectivity index (χ4n) is 1.50. The van der Waals surface area contributed by atoms with Crippen LogP contribution in [0.1, 0.15) is 22.8 Å². The van der Waals surface area contributed by atoms with Crippen molar-refractivity contribution >= 4 is 28.3 Å². The SMILES string of the molecule is CC(=O)c1cc2ccc(C)cc2nc1Cl. The number of hydrogen-bond donors (Lipinski definition) is 0. The summed E-state index contributed by atoms with van der Waals surface area (Å²) < 4.78 is 0. The monoisotopic (exact) mass is 219 g/mol. The van der Waals surface area contributed by atoms with E-state index in [4.69, 9.17) is 11.6 Å². The Hall–Kier alpha value is -1.41. The predicted molar refractivity (Wildman–Crippen MR) is 61.5 cm³/mol. The molecule has 2 aromatic rings. The minimum Gasteiger partial charge on any atom is -0.294 e. The Morgan fingerprint density at radius 3 is 2.73 bits per heavy atom. The van der Waals surface area contributed by atoms with Crippen molar-refractivity contribution in [1.29, 1.82) is 0 Å². The number of aryl methyl sites for hydroxylation is 1. The minimum atomic E-state index is -0.0602. The maximum atomic E-state index is 11.3. The molecule has 0 saturated heterocycles. The van der Waals surface area contributed by atoms with Crippen molar-refractivity contribution in [3.05, 3.63) is 40.5 Å². The molecule has 0 spiro atoms. The highest BCUT2D eigenvalue weighted by Crippen LogP contribution is 2.21. The van der Waals surface area contributed by atoms with Gasteiger partial charge in [-0.05, 0) is 31.5 Å². The van der Waals surface area contributed by atoms with Gasteiger partial charge in [0.25, 0.3) is 0 Å². The number of hydrogen-bond acceptors (Lipinski definition) is 2. The molecule has 0 fully saturated rings. The van der Waals surface area contributed by atoms with Crippen molar-refractivity contribution in [1.82, 2.24) is 4.98 Å². The summed E-state index contributed by atoms with van der Waals surface area (Å²) in [6.45, 7) is 3.48. The average Bonchev–Trinajstić information content (AvgIpc) is 2.15. The molecule has 0 aliphatic carbocycles. The third kappa shape index (κ3) is 1.85. The summed E-state index contributed by atoms with van der Waals surface area (Å²) in [4.78, 5) is 15.5. The van der Waals surface area contributed by atoms with E-state index in [2.05, 4.69) is 4.98 Å².